The highest BCUT2D eigenvalue weighted by molar-refractivity contribution is 7.99. The van der Waals surface area contributed by atoms with Crippen LogP contribution in [0.5, 0.6) is 0 Å². The van der Waals surface area contributed by atoms with E-state index >= 15 is 0 Å². The summed E-state index contributed by atoms with van der Waals surface area (Å²) in [4.78, 5) is 19.7. The van der Waals surface area contributed by atoms with Crippen molar-refractivity contribution in [1.29, 1.82) is 0 Å². The molecule has 5 nitrogen and oxygen atoms in total. The molecule has 0 saturated carbocycles. The van der Waals surface area contributed by atoms with Gasteiger partial charge in [-0.05, 0) is 18.9 Å². The third kappa shape index (κ3) is 5.67. The van der Waals surface area contributed by atoms with E-state index in [0.29, 0.717) is 18.7 Å². The summed E-state index contributed by atoms with van der Waals surface area (Å²) in [6, 6.07) is 9.46. The molecular formula is C18H18F3N3O2S. The lowest BCUT2D eigenvalue weighted by molar-refractivity contribution is -0.141. The third-order valence-corrected chi connectivity index (χ3v) is 4.80. The first-order valence-electron chi connectivity index (χ1n) is 8.44. The number of rotatable bonds is 6. The molecule has 0 aliphatic carbocycles. The number of benzene rings is 1. The van der Waals surface area contributed by atoms with Gasteiger partial charge in [-0.2, -0.15) is 13.2 Å². The van der Waals surface area contributed by atoms with Gasteiger partial charge in [0.2, 0.25) is 5.91 Å². The van der Waals surface area contributed by atoms with Gasteiger partial charge in [0, 0.05) is 18.7 Å². The zero-order valence-electron chi connectivity index (χ0n) is 14.3. The third-order valence-electron chi connectivity index (χ3n) is 3.95. The number of thioether (sulfide) groups is 1. The first kappa shape index (κ1) is 19.6. The van der Waals surface area contributed by atoms with Crippen LogP contribution in [0.4, 0.5) is 13.2 Å². The Morgan fingerprint density at radius 3 is 2.70 bits per heavy atom. The molecule has 2 heterocycles. The maximum absolute atomic E-state index is 13.2. The predicted molar refractivity (Wildman–Crippen MR) is 95.2 cm³/mol. The Bertz CT molecular complexity index is 781. The van der Waals surface area contributed by atoms with Crippen LogP contribution >= 0.6 is 11.8 Å². The van der Waals surface area contributed by atoms with Crippen molar-refractivity contribution in [2.75, 3.05) is 18.9 Å². The lowest BCUT2D eigenvalue weighted by atomic mass is 10.1. The first-order valence-corrected chi connectivity index (χ1v) is 9.43. The smallest absolute Gasteiger partial charge is 0.376 e. The second kappa shape index (κ2) is 8.71. The molecule has 1 saturated heterocycles. The van der Waals surface area contributed by atoms with Gasteiger partial charge >= 0.3 is 6.18 Å². The lowest BCUT2D eigenvalue weighted by Crippen LogP contribution is -2.32. The molecule has 0 spiro atoms. The first-order chi connectivity index (χ1) is 12.9. The van der Waals surface area contributed by atoms with E-state index in [0.717, 1.165) is 30.7 Å². The SMILES string of the molecule is O=C(CSc1nc(-c2ccccc2)cc(C(F)(F)F)n1)NC[C@@H]1CCCO1. The van der Waals surface area contributed by atoms with Crippen LogP contribution in [0.15, 0.2) is 41.6 Å². The van der Waals surface area contributed by atoms with Crippen LogP contribution in [0, 0.1) is 0 Å². The van der Waals surface area contributed by atoms with Gasteiger partial charge in [0.05, 0.1) is 17.6 Å². The van der Waals surface area contributed by atoms with E-state index in [-0.39, 0.29) is 28.6 Å². The van der Waals surface area contributed by atoms with Crippen LogP contribution in [-0.2, 0) is 15.7 Å². The maximum Gasteiger partial charge on any atom is 0.433 e. The molecule has 0 unspecified atom stereocenters. The van der Waals surface area contributed by atoms with Gasteiger partial charge in [-0.1, -0.05) is 42.1 Å². The van der Waals surface area contributed by atoms with E-state index in [1.807, 2.05) is 0 Å². The molecule has 0 bridgehead atoms. The highest BCUT2D eigenvalue weighted by Crippen LogP contribution is 2.31. The molecule has 27 heavy (non-hydrogen) atoms. The van der Waals surface area contributed by atoms with Gasteiger partial charge in [-0.3, -0.25) is 4.79 Å². The van der Waals surface area contributed by atoms with Crippen molar-refractivity contribution in [2.24, 2.45) is 0 Å². The van der Waals surface area contributed by atoms with Crippen molar-refractivity contribution in [2.45, 2.75) is 30.3 Å². The lowest BCUT2D eigenvalue weighted by Gasteiger charge is -2.12. The standard InChI is InChI=1S/C18H18F3N3O2S/c19-18(20,21)15-9-14(12-5-2-1-3-6-12)23-17(24-15)27-11-16(25)22-10-13-7-4-8-26-13/h1-3,5-6,9,13H,4,7-8,10-11H2,(H,22,25)/t13-/m0/s1. The molecule has 1 atom stereocenters. The molecular weight excluding hydrogens is 379 g/mol. The van der Waals surface area contributed by atoms with Gasteiger partial charge in [0.15, 0.2) is 5.16 Å². The minimum atomic E-state index is -4.59. The Kier molecular flexibility index (Phi) is 6.33. The van der Waals surface area contributed by atoms with Crippen LogP contribution in [0.2, 0.25) is 0 Å². The van der Waals surface area contributed by atoms with Crippen LogP contribution in [0.3, 0.4) is 0 Å². The second-order valence-electron chi connectivity index (χ2n) is 6.01. The van der Waals surface area contributed by atoms with Crippen LogP contribution in [0.25, 0.3) is 11.3 Å². The minimum Gasteiger partial charge on any atom is -0.376 e. The number of aromatic nitrogens is 2. The zero-order valence-corrected chi connectivity index (χ0v) is 15.1. The summed E-state index contributed by atoms with van der Waals surface area (Å²) in [5.41, 5.74) is -0.311. The molecule has 1 aliphatic rings. The summed E-state index contributed by atoms with van der Waals surface area (Å²) in [6.07, 6.45) is -2.72. The van der Waals surface area contributed by atoms with Crippen molar-refractivity contribution in [3.63, 3.8) is 0 Å². The number of carbonyl (C=O) groups is 1. The van der Waals surface area contributed by atoms with E-state index in [9.17, 15) is 18.0 Å². The molecule has 0 radical (unpaired) electrons. The van der Waals surface area contributed by atoms with Crippen LogP contribution in [-0.4, -0.2) is 40.9 Å². The van der Waals surface area contributed by atoms with Crippen LogP contribution < -0.4 is 5.32 Å². The van der Waals surface area contributed by atoms with Crippen molar-refractivity contribution < 1.29 is 22.7 Å². The summed E-state index contributed by atoms with van der Waals surface area (Å²) < 4.78 is 44.9. The van der Waals surface area contributed by atoms with Gasteiger partial charge in [0.25, 0.3) is 0 Å². The van der Waals surface area contributed by atoms with Gasteiger partial charge < -0.3 is 10.1 Å². The van der Waals surface area contributed by atoms with Crippen molar-refractivity contribution in [3.8, 4) is 11.3 Å². The number of alkyl halides is 3. The predicted octanol–water partition coefficient (Wildman–Crippen LogP) is 3.55. The number of hydrogen-bond donors (Lipinski definition) is 1. The summed E-state index contributed by atoms with van der Waals surface area (Å²) in [5.74, 6) is -0.361. The maximum atomic E-state index is 13.2. The minimum absolute atomic E-state index is 0.00782. The molecule has 1 aromatic carbocycles. The van der Waals surface area contributed by atoms with Gasteiger partial charge in [-0.25, -0.2) is 9.97 Å². The Balaban J connectivity index is 1.69. The molecule has 1 fully saturated rings. The molecule has 1 aromatic heterocycles. The molecule has 2 aromatic rings. The van der Waals surface area contributed by atoms with Crippen molar-refractivity contribution in [1.82, 2.24) is 15.3 Å². The number of amides is 1. The van der Waals surface area contributed by atoms with E-state index in [4.69, 9.17) is 4.74 Å². The van der Waals surface area contributed by atoms with Crippen molar-refractivity contribution >= 4 is 17.7 Å². The van der Waals surface area contributed by atoms with E-state index in [2.05, 4.69) is 15.3 Å². The summed E-state index contributed by atoms with van der Waals surface area (Å²) in [6.45, 7) is 1.09. The fourth-order valence-corrected chi connectivity index (χ4v) is 3.29. The number of nitrogens with one attached hydrogen (secondary N) is 1. The van der Waals surface area contributed by atoms with Gasteiger partial charge in [0.1, 0.15) is 5.69 Å². The fourth-order valence-electron chi connectivity index (χ4n) is 2.61. The second-order valence-corrected chi connectivity index (χ2v) is 6.96. The number of carbonyl (C=O) groups excluding carboxylic acids is 1. The molecule has 1 amide bonds. The zero-order chi connectivity index (χ0) is 19.3. The topological polar surface area (TPSA) is 64.1 Å². The number of hydrogen-bond acceptors (Lipinski definition) is 5. The Morgan fingerprint density at radius 1 is 1.26 bits per heavy atom. The Labute approximate surface area is 158 Å². The normalized spacial score (nSPS) is 17.1. The average Bonchev–Trinajstić information content (AvgIpc) is 3.18. The Morgan fingerprint density at radius 2 is 2.04 bits per heavy atom. The van der Waals surface area contributed by atoms with Gasteiger partial charge in [-0.15, -0.1) is 0 Å². The molecule has 9 heteroatoms. The highest BCUT2D eigenvalue weighted by atomic mass is 32.2. The van der Waals surface area contributed by atoms with E-state index < -0.39 is 11.9 Å². The number of halogens is 3. The quantitative estimate of drug-likeness (QED) is 0.597. The van der Waals surface area contributed by atoms with Crippen LogP contribution in [0.1, 0.15) is 18.5 Å². The number of nitrogens with zero attached hydrogens (tertiary/aromatic N) is 2. The van der Waals surface area contributed by atoms with E-state index in [1.165, 1.54) is 0 Å². The van der Waals surface area contributed by atoms with Crippen molar-refractivity contribution in [3.05, 3.63) is 42.1 Å². The fraction of sp³-hybridized carbons (Fsp3) is 0.389. The van der Waals surface area contributed by atoms with E-state index in [1.54, 1.807) is 30.3 Å². The summed E-state index contributed by atoms with van der Waals surface area (Å²) in [5, 5.41) is 2.64. The molecule has 3 rings (SSSR count). The highest BCUT2D eigenvalue weighted by Gasteiger charge is 2.34. The summed E-state index contributed by atoms with van der Waals surface area (Å²) in [7, 11) is 0. The molecule has 1 aliphatic heterocycles. The monoisotopic (exact) mass is 397 g/mol. The average molecular weight is 397 g/mol. The summed E-state index contributed by atoms with van der Waals surface area (Å²) >= 11 is 0.875. The molecule has 1 N–H and O–H groups in total. The molecule has 144 valence electrons. The largest absolute Gasteiger partial charge is 0.433 e. The number of ether oxygens (including phenoxy) is 1. The Hall–Kier alpha value is -2.13.